The molecule has 1 fully saturated rings. The predicted octanol–water partition coefficient (Wildman–Crippen LogP) is 3.52. The Morgan fingerprint density at radius 3 is 2.48 bits per heavy atom. The van der Waals surface area contributed by atoms with Crippen molar-refractivity contribution < 1.29 is 9.47 Å². The summed E-state index contributed by atoms with van der Waals surface area (Å²) in [5.74, 6) is 1.80. The fraction of sp³-hybridized carbons (Fsp3) is 0.667. The van der Waals surface area contributed by atoms with E-state index >= 15 is 0 Å². The lowest BCUT2D eigenvalue weighted by Gasteiger charge is -2.54. The molecule has 0 amide bonds. The van der Waals surface area contributed by atoms with Gasteiger partial charge in [0.1, 0.15) is 13.2 Å². The summed E-state index contributed by atoms with van der Waals surface area (Å²) in [4.78, 5) is 0. The Kier molecular flexibility index (Phi) is 3.87. The van der Waals surface area contributed by atoms with Crippen molar-refractivity contribution in [2.45, 2.75) is 45.4 Å². The fourth-order valence-corrected chi connectivity index (χ4v) is 4.09. The van der Waals surface area contributed by atoms with E-state index in [0.717, 1.165) is 24.6 Å². The van der Waals surface area contributed by atoms with Crippen LogP contribution in [0.15, 0.2) is 18.2 Å². The Morgan fingerprint density at radius 2 is 1.81 bits per heavy atom. The van der Waals surface area contributed by atoms with Gasteiger partial charge in [-0.05, 0) is 48.9 Å². The van der Waals surface area contributed by atoms with Crippen molar-refractivity contribution in [2.24, 2.45) is 5.41 Å². The van der Waals surface area contributed by atoms with E-state index in [-0.39, 0.29) is 5.41 Å². The molecule has 3 rings (SSSR count). The molecule has 0 atom stereocenters. The third-order valence-corrected chi connectivity index (χ3v) is 4.68. The Bertz CT molecular complexity index is 502. The van der Waals surface area contributed by atoms with E-state index in [1.165, 1.54) is 24.8 Å². The van der Waals surface area contributed by atoms with Gasteiger partial charge in [0.2, 0.25) is 0 Å². The van der Waals surface area contributed by atoms with E-state index in [0.29, 0.717) is 18.6 Å². The highest BCUT2D eigenvalue weighted by atomic mass is 16.6. The van der Waals surface area contributed by atoms with Crippen LogP contribution in [0.2, 0.25) is 0 Å². The first kappa shape index (κ1) is 14.7. The average Bonchev–Trinajstić information content (AvgIpc) is 2.44. The second-order valence-electron chi connectivity index (χ2n) is 7.33. The zero-order chi connectivity index (χ0) is 14.9. The van der Waals surface area contributed by atoms with Crippen LogP contribution in [-0.4, -0.2) is 26.3 Å². The molecule has 116 valence electrons. The Hall–Kier alpha value is -1.22. The maximum atomic E-state index is 5.76. The van der Waals surface area contributed by atoms with Crippen molar-refractivity contribution in [3.8, 4) is 11.5 Å². The van der Waals surface area contributed by atoms with Gasteiger partial charge < -0.3 is 14.8 Å². The highest BCUT2D eigenvalue weighted by Crippen LogP contribution is 2.55. The molecule has 1 aromatic rings. The molecule has 1 N–H and O–H groups in total. The quantitative estimate of drug-likeness (QED) is 0.841. The van der Waals surface area contributed by atoms with Crippen molar-refractivity contribution in [1.29, 1.82) is 0 Å². The van der Waals surface area contributed by atoms with Crippen LogP contribution >= 0.6 is 0 Å². The molecule has 21 heavy (non-hydrogen) atoms. The molecule has 0 radical (unpaired) electrons. The summed E-state index contributed by atoms with van der Waals surface area (Å²) >= 11 is 0. The van der Waals surface area contributed by atoms with Crippen molar-refractivity contribution in [1.82, 2.24) is 5.32 Å². The summed E-state index contributed by atoms with van der Waals surface area (Å²) in [7, 11) is 0. The largest absolute Gasteiger partial charge is 0.486 e. The van der Waals surface area contributed by atoms with E-state index in [1.54, 1.807) is 0 Å². The minimum Gasteiger partial charge on any atom is -0.486 e. The summed E-state index contributed by atoms with van der Waals surface area (Å²) in [6.45, 7) is 10.4. The molecule has 1 aliphatic heterocycles. The van der Waals surface area contributed by atoms with Gasteiger partial charge in [0.25, 0.3) is 0 Å². The maximum Gasteiger partial charge on any atom is 0.161 e. The van der Waals surface area contributed by atoms with Gasteiger partial charge in [-0.3, -0.25) is 0 Å². The van der Waals surface area contributed by atoms with E-state index in [4.69, 9.17) is 9.47 Å². The predicted molar refractivity (Wildman–Crippen MR) is 85.3 cm³/mol. The lowest BCUT2D eigenvalue weighted by atomic mass is 9.52. The molecule has 3 heteroatoms. The van der Waals surface area contributed by atoms with Crippen molar-refractivity contribution in [3.05, 3.63) is 23.8 Å². The molecule has 0 aromatic heterocycles. The average molecular weight is 289 g/mol. The Labute approximate surface area is 128 Å². The third kappa shape index (κ3) is 2.89. The van der Waals surface area contributed by atoms with Gasteiger partial charge in [0.05, 0.1) is 0 Å². The summed E-state index contributed by atoms with van der Waals surface area (Å²) in [6, 6.07) is 6.52. The highest BCUT2D eigenvalue weighted by molar-refractivity contribution is 5.47. The molecule has 1 saturated carbocycles. The maximum absolute atomic E-state index is 5.76. The van der Waals surface area contributed by atoms with Gasteiger partial charge in [-0.25, -0.2) is 0 Å². The second kappa shape index (κ2) is 5.53. The highest BCUT2D eigenvalue weighted by Gasteiger charge is 2.49. The van der Waals surface area contributed by atoms with E-state index in [1.807, 2.05) is 0 Å². The normalized spacial score (nSPS) is 21.7. The van der Waals surface area contributed by atoms with Crippen LogP contribution < -0.4 is 14.8 Å². The minimum atomic E-state index is 0.258. The lowest BCUT2D eigenvalue weighted by Crippen LogP contribution is -2.52. The first-order valence-corrected chi connectivity index (χ1v) is 8.16. The van der Waals surface area contributed by atoms with E-state index in [9.17, 15) is 0 Å². The molecule has 0 unspecified atom stereocenters. The first-order chi connectivity index (χ1) is 10.0. The summed E-state index contributed by atoms with van der Waals surface area (Å²) in [5, 5.41) is 3.62. The lowest BCUT2D eigenvalue weighted by molar-refractivity contribution is 0.0559. The van der Waals surface area contributed by atoms with Gasteiger partial charge in [0.15, 0.2) is 11.5 Å². The number of hydrogen-bond donors (Lipinski definition) is 1. The Balaban J connectivity index is 1.83. The zero-order valence-corrected chi connectivity index (χ0v) is 13.5. The number of nitrogens with one attached hydrogen (secondary N) is 1. The number of ether oxygens (including phenoxy) is 2. The van der Waals surface area contributed by atoms with Crippen LogP contribution in [0.5, 0.6) is 11.5 Å². The molecular formula is C18H27NO2. The molecule has 0 bridgehead atoms. The van der Waals surface area contributed by atoms with Gasteiger partial charge in [-0.1, -0.05) is 26.8 Å². The third-order valence-electron chi connectivity index (χ3n) is 4.68. The van der Waals surface area contributed by atoms with Crippen LogP contribution in [0.1, 0.15) is 45.6 Å². The van der Waals surface area contributed by atoms with Crippen LogP contribution in [0.4, 0.5) is 0 Å². The monoisotopic (exact) mass is 289 g/mol. The number of fused-ring (bicyclic) bond motifs is 1. The number of rotatable bonds is 5. The van der Waals surface area contributed by atoms with Crippen LogP contribution in [0, 0.1) is 5.41 Å². The molecular weight excluding hydrogens is 262 g/mol. The van der Waals surface area contributed by atoms with E-state index in [2.05, 4.69) is 44.3 Å². The van der Waals surface area contributed by atoms with Gasteiger partial charge in [-0.2, -0.15) is 0 Å². The standard InChI is InChI=1S/C18H27NO2/c1-4-7-19-13-18(11-17(2,3)12-18)14-5-6-15-16(10-14)21-9-8-20-15/h5-6,10,19H,4,7-9,11-13H2,1-3H3. The Morgan fingerprint density at radius 1 is 1.10 bits per heavy atom. The zero-order valence-electron chi connectivity index (χ0n) is 13.5. The second-order valence-corrected chi connectivity index (χ2v) is 7.33. The number of benzene rings is 1. The SMILES string of the molecule is CCCNCC1(c2ccc3c(c2)OCCO3)CC(C)(C)C1. The van der Waals surface area contributed by atoms with Crippen molar-refractivity contribution >= 4 is 0 Å². The van der Waals surface area contributed by atoms with E-state index < -0.39 is 0 Å². The first-order valence-electron chi connectivity index (χ1n) is 8.16. The molecule has 3 nitrogen and oxygen atoms in total. The molecule has 0 spiro atoms. The van der Waals surface area contributed by atoms with Crippen LogP contribution in [0.3, 0.4) is 0 Å². The van der Waals surface area contributed by atoms with Crippen LogP contribution in [0.25, 0.3) is 0 Å². The van der Waals surface area contributed by atoms with Crippen molar-refractivity contribution in [2.75, 3.05) is 26.3 Å². The number of hydrogen-bond acceptors (Lipinski definition) is 3. The van der Waals surface area contributed by atoms with Gasteiger partial charge >= 0.3 is 0 Å². The fourth-order valence-electron chi connectivity index (χ4n) is 4.09. The topological polar surface area (TPSA) is 30.5 Å². The summed E-state index contributed by atoms with van der Waals surface area (Å²) in [6.07, 6.45) is 3.65. The van der Waals surface area contributed by atoms with Gasteiger partial charge in [0, 0.05) is 12.0 Å². The summed E-state index contributed by atoms with van der Waals surface area (Å²) in [5.41, 5.74) is 2.10. The van der Waals surface area contributed by atoms with Gasteiger partial charge in [-0.15, -0.1) is 0 Å². The molecule has 1 aromatic carbocycles. The minimum absolute atomic E-state index is 0.258. The molecule has 1 aliphatic carbocycles. The molecule has 0 saturated heterocycles. The summed E-state index contributed by atoms with van der Waals surface area (Å²) < 4.78 is 11.4. The molecule has 2 aliphatic rings. The van der Waals surface area contributed by atoms with Crippen molar-refractivity contribution in [3.63, 3.8) is 0 Å². The smallest absolute Gasteiger partial charge is 0.161 e. The molecule has 1 heterocycles. The van der Waals surface area contributed by atoms with Crippen LogP contribution in [-0.2, 0) is 5.41 Å².